The summed E-state index contributed by atoms with van der Waals surface area (Å²) in [5, 5.41) is 5.15. The van der Waals surface area contributed by atoms with E-state index in [4.69, 9.17) is 16.0 Å². The number of nitrogens with one attached hydrogen (secondary N) is 1. The van der Waals surface area contributed by atoms with Crippen molar-refractivity contribution < 1.29 is 4.42 Å². The van der Waals surface area contributed by atoms with Gasteiger partial charge in [-0.1, -0.05) is 36.7 Å². The van der Waals surface area contributed by atoms with E-state index in [9.17, 15) is 0 Å². The molecule has 0 fully saturated rings. The number of hydrogen-bond acceptors (Lipinski definition) is 3. The van der Waals surface area contributed by atoms with E-state index in [1.54, 1.807) is 18.5 Å². The Morgan fingerprint density at radius 2 is 2.10 bits per heavy atom. The van der Waals surface area contributed by atoms with E-state index in [1.165, 1.54) is 5.56 Å². The number of anilines is 1. The van der Waals surface area contributed by atoms with Gasteiger partial charge in [0.15, 0.2) is 0 Å². The van der Waals surface area contributed by atoms with Gasteiger partial charge in [-0.15, -0.1) is 0 Å². The zero-order chi connectivity index (χ0) is 13.9. The van der Waals surface area contributed by atoms with Crippen molar-refractivity contribution in [1.29, 1.82) is 0 Å². The van der Waals surface area contributed by atoms with Gasteiger partial charge >= 0.3 is 0 Å². The highest BCUT2D eigenvalue weighted by Gasteiger charge is 2.12. The van der Waals surface area contributed by atoms with Crippen molar-refractivity contribution in [3.05, 3.63) is 59.1 Å². The first-order valence-corrected chi connectivity index (χ1v) is 7.00. The first kappa shape index (κ1) is 13.0. The summed E-state index contributed by atoms with van der Waals surface area (Å²) in [5.74, 6) is 1.01. The Balaban J connectivity index is 1.92. The van der Waals surface area contributed by atoms with Crippen molar-refractivity contribution in [1.82, 2.24) is 4.98 Å². The second-order valence-electron chi connectivity index (χ2n) is 4.56. The van der Waals surface area contributed by atoms with Gasteiger partial charge < -0.3 is 9.73 Å². The molecule has 1 N–H and O–H groups in total. The first-order chi connectivity index (χ1) is 9.79. The summed E-state index contributed by atoms with van der Waals surface area (Å²) in [6.45, 7) is 2.77. The summed E-state index contributed by atoms with van der Waals surface area (Å²) >= 11 is 6.13. The lowest BCUT2D eigenvalue weighted by Crippen LogP contribution is -2.01. The van der Waals surface area contributed by atoms with E-state index in [2.05, 4.69) is 23.3 Å². The van der Waals surface area contributed by atoms with Crippen LogP contribution in [0, 0.1) is 0 Å². The van der Waals surface area contributed by atoms with E-state index < -0.39 is 0 Å². The molecule has 20 heavy (non-hydrogen) atoms. The first-order valence-electron chi connectivity index (χ1n) is 6.62. The predicted octanol–water partition coefficient (Wildman–Crippen LogP) is 4.66. The SMILES string of the molecule is CCc1oc2ccccc2c1CNc1cnccc1Cl. The monoisotopic (exact) mass is 286 g/mol. The van der Waals surface area contributed by atoms with Crippen molar-refractivity contribution in [2.45, 2.75) is 19.9 Å². The van der Waals surface area contributed by atoms with Crippen LogP contribution >= 0.6 is 11.6 Å². The third kappa shape index (κ3) is 2.37. The smallest absolute Gasteiger partial charge is 0.134 e. The van der Waals surface area contributed by atoms with Crippen LogP contribution in [0.5, 0.6) is 0 Å². The normalized spacial score (nSPS) is 10.9. The maximum absolute atomic E-state index is 6.13. The van der Waals surface area contributed by atoms with Crippen LogP contribution in [-0.4, -0.2) is 4.98 Å². The summed E-state index contributed by atoms with van der Waals surface area (Å²) < 4.78 is 5.88. The van der Waals surface area contributed by atoms with Crippen LogP contribution in [0.4, 0.5) is 5.69 Å². The number of aromatic nitrogens is 1. The fourth-order valence-electron chi connectivity index (χ4n) is 2.32. The summed E-state index contributed by atoms with van der Waals surface area (Å²) in [6.07, 6.45) is 4.28. The third-order valence-electron chi connectivity index (χ3n) is 3.33. The molecule has 0 atom stereocenters. The Hall–Kier alpha value is -2.00. The maximum Gasteiger partial charge on any atom is 0.134 e. The molecule has 1 aromatic carbocycles. The standard InChI is InChI=1S/C16H15ClN2O/c1-2-15-12(11-5-3-4-6-16(11)20-15)9-19-14-10-18-8-7-13(14)17/h3-8,10,19H,2,9H2,1H3. The van der Waals surface area contributed by atoms with Gasteiger partial charge in [-0.25, -0.2) is 0 Å². The second kappa shape index (κ2) is 5.55. The number of benzene rings is 1. The van der Waals surface area contributed by atoms with E-state index >= 15 is 0 Å². The number of furan rings is 1. The molecule has 102 valence electrons. The van der Waals surface area contributed by atoms with Crippen molar-refractivity contribution in [2.75, 3.05) is 5.32 Å². The minimum Gasteiger partial charge on any atom is -0.461 e. The molecule has 0 amide bonds. The average molecular weight is 287 g/mol. The highest BCUT2D eigenvalue weighted by atomic mass is 35.5. The maximum atomic E-state index is 6.13. The van der Waals surface area contributed by atoms with Crippen LogP contribution in [0.2, 0.25) is 5.02 Å². The molecule has 0 bridgehead atoms. The molecule has 3 aromatic rings. The number of hydrogen-bond donors (Lipinski definition) is 1. The molecule has 2 heterocycles. The van der Waals surface area contributed by atoms with Crippen LogP contribution in [-0.2, 0) is 13.0 Å². The van der Waals surface area contributed by atoms with Crippen molar-refractivity contribution in [2.24, 2.45) is 0 Å². The summed E-state index contributed by atoms with van der Waals surface area (Å²) in [6, 6.07) is 9.87. The molecule has 0 spiro atoms. The lowest BCUT2D eigenvalue weighted by Gasteiger charge is -2.07. The molecule has 0 radical (unpaired) electrons. The van der Waals surface area contributed by atoms with Gasteiger partial charge in [0.1, 0.15) is 11.3 Å². The van der Waals surface area contributed by atoms with Gasteiger partial charge in [-0.2, -0.15) is 0 Å². The molecule has 0 aliphatic carbocycles. The average Bonchev–Trinajstić information content (AvgIpc) is 2.84. The van der Waals surface area contributed by atoms with Gasteiger partial charge in [-0.3, -0.25) is 4.98 Å². The number of rotatable bonds is 4. The molecule has 0 aliphatic rings. The Bertz CT molecular complexity index is 736. The van der Waals surface area contributed by atoms with Gasteiger partial charge in [-0.05, 0) is 12.1 Å². The van der Waals surface area contributed by atoms with Crippen molar-refractivity contribution >= 4 is 28.3 Å². The van der Waals surface area contributed by atoms with E-state index in [-0.39, 0.29) is 0 Å². The highest BCUT2D eigenvalue weighted by Crippen LogP contribution is 2.28. The summed E-state index contributed by atoms with van der Waals surface area (Å²) in [4.78, 5) is 4.08. The number of fused-ring (bicyclic) bond motifs is 1. The molecule has 3 rings (SSSR count). The molecule has 3 nitrogen and oxygen atoms in total. The fraction of sp³-hybridized carbons (Fsp3) is 0.188. The number of para-hydroxylation sites is 1. The van der Waals surface area contributed by atoms with Crippen LogP contribution in [0.1, 0.15) is 18.2 Å². The highest BCUT2D eigenvalue weighted by molar-refractivity contribution is 6.33. The predicted molar refractivity (Wildman–Crippen MR) is 82.2 cm³/mol. The zero-order valence-electron chi connectivity index (χ0n) is 11.2. The Morgan fingerprint density at radius 3 is 2.90 bits per heavy atom. The van der Waals surface area contributed by atoms with Crippen LogP contribution in [0.3, 0.4) is 0 Å². The van der Waals surface area contributed by atoms with E-state index in [0.717, 1.165) is 28.8 Å². The molecule has 0 unspecified atom stereocenters. The van der Waals surface area contributed by atoms with Crippen LogP contribution in [0.25, 0.3) is 11.0 Å². The number of aryl methyl sites for hydroxylation is 1. The van der Waals surface area contributed by atoms with Crippen LogP contribution in [0.15, 0.2) is 47.1 Å². The number of pyridine rings is 1. The fourth-order valence-corrected chi connectivity index (χ4v) is 2.49. The molecule has 0 aliphatic heterocycles. The molecular formula is C16H15ClN2O. The second-order valence-corrected chi connectivity index (χ2v) is 4.97. The van der Waals surface area contributed by atoms with E-state index in [0.29, 0.717) is 11.6 Å². The van der Waals surface area contributed by atoms with Gasteiger partial charge in [0.05, 0.1) is 16.9 Å². The lowest BCUT2D eigenvalue weighted by atomic mass is 10.1. The number of halogens is 1. The van der Waals surface area contributed by atoms with Crippen molar-refractivity contribution in [3.8, 4) is 0 Å². The molecule has 4 heteroatoms. The topological polar surface area (TPSA) is 38.1 Å². The Labute approximate surface area is 122 Å². The minimum absolute atomic E-state index is 0.672. The number of nitrogens with zero attached hydrogens (tertiary/aromatic N) is 1. The van der Waals surface area contributed by atoms with Gasteiger partial charge in [0.25, 0.3) is 0 Å². The summed E-state index contributed by atoms with van der Waals surface area (Å²) in [7, 11) is 0. The van der Waals surface area contributed by atoms with Crippen LogP contribution < -0.4 is 5.32 Å². The van der Waals surface area contributed by atoms with Gasteiger partial charge in [0.2, 0.25) is 0 Å². The third-order valence-corrected chi connectivity index (χ3v) is 3.66. The quantitative estimate of drug-likeness (QED) is 0.758. The minimum atomic E-state index is 0.672. The molecule has 0 saturated carbocycles. The Morgan fingerprint density at radius 1 is 1.25 bits per heavy atom. The van der Waals surface area contributed by atoms with Crippen molar-refractivity contribution in [3.63, 3.8) is 0 Å². The molecule has 0 saturated heterocycles. The molecule has 2 aromatic heterocycles. The largest absolute Gasteiger partial charge is 0.461 e. The zero-order valence-corrected chi connectivity index (χ0v) is 11.9. The van der Waals surface area contributed by atoms with Gasteiger partial charge in [0, 0.05) is 30.1 Å². The Kier molecular flexibility index (Phi) is 3.61. The molecular weight excluding hydrogens is 272 g/mol. The van der Waals surface area contributed by atoms with E-state index in [1.807, 2.05) is 18.2 Å². The lowest BCUT2D eigenvalue weighted by molar-refractivity contribution is 0.551. The summed E-state index contributed by atoms with van der Waals surface area (Å²) in [5.41, 5.74) is 2.95.